The fourth-order valence-electron chi connectivity index (χ4n) is 3.68. The molecule has 1 atom stereocenters. The maximum atomic E-state index is 13.0. The number of Topliss-reactive ketones (excluding diaryl/α,β-unsaturated/α-hetero) is 1. The van der Waals surface area contributed by atoms with Gasteiger partial charge in [-0.05, 0) is 50.0 Å². The Morgan fingerprint density at radius 3 is 2.27 bits per heavy atom. The Morgan fingerprint density at radius 1 is 1.09 bits per heavy atom. The molecular formula is C23H25N3O7. The number of nitro groups is 1. The summed E-state index contributed by atoms with van der Waals surface area (Å²) in [5, 5.41) is 22.2. The molecule has 0 aromatic heterocycles. The highest BCUT2D eigenvalue weighted by Gasteiger charge is 2.46. The van der Waals surface area contributed by atoms with Gasteiger partial charge in [0.05, 0.1) is 30.8 Å². The summed E-state index contributed by atoms with van der Waals surface area (Å²) in [4.78, 5) is 39.7. The Bertz CT molecular complexity index is 1110. The van der Waals surface area contributed by atoms with Crippen LogP contribution in [0.25, 0.3) is 5.76 Å². The van der Waals surface area contributed by atoms with Crippen molar-refractivity contribution in [3.05, 3.63) is 69.3 Å². The number of carbonyl (C=O) groups excluding carboxylic acids is 2. The lowest BCUT2D eigenvalue weighted by Gasteiger charge is -2.26. The largest absolute Gasteiger partial charge is 0.507 e. The molecule has 1 saturated heterocycles. The second-order valence-corrected chi connectivity index (χ2v) is 7.71. The molecule has 0 radical (unpaired) electrons. The molecule has 0 saturated carbocycles. The maximum Gasteiger partial charge on any atom is 0.295 e. The van der Waals surface area contributed by atoms with Gasteiger partial charge in [0, 0.05) is 30.8 Å². The standard InChI is InChI=1S/C23H25N3O7/c1-24(2)11-12-25-20(14-5-8-16(9-6-14)26(30)31)19(22(28)23(25)29)21(27)15-7-10-17(32-3)18(13-15)33-4/h5-10,13,20,27H,11-12H2,1-4H3/b21-19-. The molecule has 1 N–H and O–H groups in total. The first-order valence-electron chi connectivity index (χ1n) is 10.1. The van der Waals surface area contributed by atoms with Crippen LogP contribution in [0.2, 0.25) is 0 Å². The molecule has 0 aliphatic carbocycles. The van der Waals surface area contributed by atoms with Crippen LogP contribution in [0.1, 0.15) is 17.2 Å². The number of nitrogens with zero attached hydrogens (tertiary/aromatic N) is 3. The highest BCUT2D eigenvalue weighted by Crippen LogP contribution is 2.40. The molecule has 1 aliphatic rings. The molecule has 2 aromatic rings. The number of aliphatic hydroxyl groups excluding tert-OH is 1. The van der Waals surface area contributed by atoms with E-state index in [0.29, 0.717) is 23.6 Å². The highest BCUT2D eigenvalue weighted by molar-refractivity contribution is 6.46. The number of rotatable bonds is 8. The van der Waals surface area contributed by atoms with E-state index in [0.717, 1.165) is 0 Å². The van der Waals surface area contributed by atoms with Gasteiger partial charge in [-0.3, -0.25) is 19.7 Å². The van der Waals surface area contributed by atoms with Crippen molar-refractivity contribution in [2.24, 2.45) is 0 Å². The second kappa shape index (κ2) is 9.70. The summed E-state index contributed by atoms with van der Waals surface area (Å²) < 4.78 is 10.5. The Labute approximate surface area is 190 Å². The number of ketones is 1. The molecule has 1 heterocycles. The van der Waals surface area contributed by atoms with Crippen LogP contribution in [-0.2, 0) is 9.59 Å². The Hall–Kier alpha value is -3.92. The highest BCUT2D eigenvalue weighted by atomic mass is 16.6. The summed E-state index contributed by atoms with van der Waals surface area (Å²) in [6, 6.07) is 9.31. The predicted octanol–water partition coefficient (Wildman–Crippen LogP) is 2.60. The number of carbonyl (C=O) groups is 2. The van der Waals surface area contributed by atoms with Crippen LogP contribution >= 0.6 is 0 Å². The molecule has 1 unspecified atom stereocenters. The van der Waals surface area contributed by atoms with Crippen LogP contribution in [0.4, 0.5) is 5.69 Å². The molecule has 1 amide bonds. The zero-order valence-corrected chi connectivity index (χ0v) is 18.8. The number of non-ortho nitro benzene ring substituents is 1. The van der Waals surface area contributed by atoms with E-state index in [2.05, 4.69) is 0 Å². The number of likely N-dealkylation sites (N-methyl/N-ethyl adjacent to an activating group) is 1. The number of benzene rings is 2. The Morgan fingerprint density at radius 2 is 1.73 bits per heavy atom. The van der Waals surface area contributed by atoms with Gasteiger partial charge in [0.25, 0.3) is 17.4 Å². The lowest BCUT2D eigenvalue weighted by Crippen LogP contribution is -2.35. The molecular weight excluding hydrogens is 430 g/mol. The Balaban J connectivity index is 2.16. The molecule has 1 aliphatic heterocycles. The fourth-order valence-corrected chi connectivity index (χ4v) is 3.68. The SMILES string of the molecule is COc1ccc(/C(O)=C2/C(=O)C(=O)N(CCN(C)C)C2c2ccc([N+](=O)[O-])cc2)cc1OC. The van der Waals surface area contributed by atoms with Crippen LogP contribution in [0, 0.1) is 10.1 Å². The van der Waals surface area contributed by atoms with Crippen LogP contribution in [-0.4, -0.2) is 72.9 Å². The maximum absolute atomic E-state index is 13.0. The number of methoxy groups -OCH3 is 2. The van der Waals surface area contributed by atoms with E-state index < -0.39 is 22.7 Å². The molecule has 0 spiro atoms. The quantitative estimate of drug-likeness (QED) is 0.212. The van der Waals surface area contributed by atoms with Gasteiger partial charge in [-0.25, -0.2) is 0 Å². The first kappa shape index (κ1) is 23.7. The molecule has 33 heavy (non-hydrogen) atoms. The van der Waals surface area contributed by atoms with Crippen molar-refractivity contribution < 1.29 is 29.1 Å². The first-order valence-corrected chi connectivity index (χ1v) is 10.1. The van der Waals surface area contributed by atoms with E-state index in [1.165, 1.54) is 49.5 Å². The van der Waals surface area contributed by atoms with Gasteiger partial charge in [-0.2, -0.15) is 0 Å². The van der Waals surface area contributed by atoms with Crippen LogP contribution in [0.5, 0.6) is 11.5 Å². The fraction of sp³-hybridized carbons (Fsp3) is 0.304. The molecule has 3 rings (SSSR count). The van der Waals surface area contributed by atoms with Crippen LogP contribution in [0.15, 0.2) is 48.0 Å². The monoisotopic (exact) mass is 455 g/mol. The van der Waals surface area contributed by atoms with Crippen molar-refractivity contribution in [3.8, 4) is 11.5 Å². The molecule has 1 fully saturated rings. The number of ether oxygens (including phenoxy) is 2. The lowest BCUT2D eigenvalue weighted by atomic mass is 9.95. The third-order valence-corrected chi connectivity index (χ3v) is 5.40. The molecule has 0 bridgehead atoms. The first-order chi connectivity index (χ1) is 15.7. The van der Waals surface area contributed by atoms with E-state index in [9.17, 15) is 24.8 Å². The summed E-state index contributed by atoms with van der Waals surface area (Å²) in [5.74, 6) is -1.17. The van der Waals surface area contributed by atoms with Gasteiger partial charge in [-0.1, -0.05) is 0 Å². The number of likely N-dealkylation sites (tertiary alicyclic amines) is 1. The topological polar surface area (TPSA) is 122 Å². The summed E-state index contributed by atoms with van der Waals surface area (Å²) >= 11 is 0. The second-order valence-electron chi connectivity index (χ2n) is 7.71. The third kappa shape index (κ3) is 4.65. The minimum atomic E-state index is -0.904. The Kier molecular flexibility index (Phi) is 6.98. The van der Waals surface area contributed by atoms with Crippen molar-refractivity contribution in [3.63, 3.8) is 0 Å². The van der Waals surface area contributed by atoms with E-state index in [1.54, 1.807) is 12.1 Å². The van der Waals surface area contributed by atoms with Crippen LogP contribution < -0.4 is 9.47 Å². The van der Waals surface area contributed by atoms with E-state index >= 15 is 0 Å². The third-order valence-electron chi connectivity index (χ3n) is 5.40. The van der Waals surface area contributed by atoms with Gasteiger partial charge in [-0.15, -0.1) is 0 Å². The van der Waals surface area contributed by atoms with E-state index in [-0.39, 0.29) is 29.1 Å². The van der Waals surface area contributed by atoms with E-state index in [1.807, 2.05) is 19.0 Å². The predicted molar refractivity (Wildman–Crippen MR) is 120 cm³/mol. The lowest BCUT2D eigenvalue weighted by molar-refractivity contribution is -0.384. The molecule has 10 heteroatoms. The number of nitro benzene ring substituents is 1. The number of aliphatic hydroxyl groups is 1. The molecule has 174 valence electrons. The van der Waals surface area contributed by atoms with Gasteiger partial charge in [0.1, 0.15) is 5.76 Å². The average molecular weight is 455 g/mol. The minimum absolute atomic E-state index is 0.0974. The van der Waals surface area contributed by atoms with Gasteiger partial charge >= 0.3 is 0 Å². The summed E-state index contributed by atoms with van der Waals surface area (Å²) in [7, 11) is 6.59. The van der Waals surface area contributed by atoms with Crippen molar-refractivity contribution in [2.75, 3.05) is 41.4 Å². The normalized spacial score (nSPS) is 17.5. The van der Waals surface area contributed by atoms with Gasteiger partial charge < -0.3 is 24.4 Å². The van der Waals surface area contributed by atoms with Crippen molar-refractivity contribution in [1.29, 1.82) is 0 Å². The van der Waals surface area contributed by atoms with Crippen molar-refractivity contribution in [1.82, 2.24) is 9.80 Å². The van der Waals surface area contributed by atoms with E-state index in [4.69, 9.17) is 9.47 Å². The number of hydrogen-bond donors (Lipinski definition) is 1. The summed E-state index contributed by atoms with van der Waals surface area (Å²) in [5.41, 5.74) is 0.523. The zero-order valence-electron chi connectivity index (χ0n) is 18.8. The minimum Gasteiger partial charge on any atom is -0.507 e. The van der Waals surface area contributed by atoms with Crippen molar-refractivity contribution in [2.45, 2.75) is 6.04 Å². The average Bonchev–Trinajstić information content (AvgIpc) is 3.06. The summed E-state index contributed by atoms with van der Waals surface area (Å²) in [6.45, 7) is 0.703. The smallest absolute Gasteiger partial charge is 0.295 e. The van der Waals surface area contributed by atoms with Crippen molar-refractivity contribution >= 4 is 23.1 Å². The van der Waals surface area contributed by atoms with Gasteiger partial charge in [0.2, 0.25) is 0 Å². The summed E-state index contributed by atoms with van der Waals surface area (Å²) in [6.07, 6.45) is 0. The number of hydrogen-bond acceptors (Lipinski definition) is 8. The van der Waals surface area contributed by atoms with Gasteiger partial charge in [0.15, 0.2) is 11.5 Å². The zero-order chi connectivity index (χ0) is 24.3. The molecule has 2 aromatic carbocycles. The number of amides is 1. The molecule has 10 nitrogen and oxygen atoms in total. The van der Waals surface area contributed by atoms with Crippen LogP contribution in [0.3, 0.4) is 0 Å².